The fraction of sp³-hybridized carbons (Fsp3) is 0.133. The Hall–Kier alpha value is -4.44. The number of aryl methyl sites for hydroxylation is 2. The van der Waals surface area contributed by atoms with Crippen molar-refractivity contribution in [3.63, 3.8) is 0 Å². The molecule has 0 spiro atoms. The van der Waals surface area contributed by atoms with E-state index in [1.165, 1.54) is 62.8 Å². The number of nitrogens with one attached hydrogen (secondary N) is 1. The standard InChI is InChI=1S/C15H13ClFNO4S.C8H7ClO5S.C7H8FN/c1-9-7-10(3-5-13(9)17)18-15(19)12-8-11(23(16,20)21)4-6-14(12)22-2;1-14-7-3-2-5(15(9,12)13)4-6(7)8(10)11;1-5-4-6(9)2-3-7(5)8/h3-8H,1-2H3,(H,18,19);2-4H,1H3,(H,10,11);2-4H,9H2,1H3. The first kappa shape index (κ1) is 38.7. The summed E-state index contributed by atoms with van der Waals surface area (Å²) in [6.07, 6.45) is 0. The number of carboxylic acids is 1. The van der Waals surface area contributed by atoms with Crippen LogP contribution in [0, 0.1) is 25.5 Å². The molecule has 0 aliphatic heterocycles. The van der Waals surface area contributed by atoms with Crippen molar-refractivity contribution in [3.8, 4) is 11.5 Å². The number of carbonyl (C=O) groups excluding carboxylic acids is 1. The highest BCUT2D eigenvalue weighted by Crippen LogP contribution is 2.26. The number of rotatable bonds is 7. The number of amides is 1. The second-order valence-electron chi connectivity index (χ2n) is 9.33. The third-order valence-corrected chi connectivity index (χ3v) is 8.68. The second kappa shape index (κ2) is 16.4. The van der Waals surface area contributed by atoms with Crippen molar-refractivity contribution in [2.45, 2.75) is 23.6 Å². The molecule has 47 heavy (non-hydrogen) atoms. The molecule has 4 aromatic rings. The zero-order valence-corrected chi connectivity index (χ0v) is 28.2. The van der Waals surface area contributed by atoms with Gasteiger partial charge in [-0.15, -0.1) is 0 Å². The largest absolute Gasteiger partial charge is 0.496 e. The molecule has 0 aliphatic carbocycles. The molecule has 0 heterocycles. The van der Waals surface area contributed by atoms with E-state index in [1.807, 2.05) is 0 Å². The van der Waals surface area contributed by atoms with Gasteiger partial charge in [0.25, 0.3) is 24.0 Å². The number of hydrogen-bond donors (Lipinski definition) is 3. The molecule has 252 valence electrons. The smallest absolute Gasteiger partial charge is 0.339 e. The van der Waals surface area contributed by atoms with Gasteiger partial charge < -0.3 is 25.6 Å². The van der Waals surface area contributed by atoms with Crippen LogP contribution in [-0.4, -0.2) is 48.0 Å². The van der Waals surface area contributed by atoms with Gasteiger partial charge in [-0.1, -0.05) is 0 Å². The van der Waals surface area contributed by atoms with E-state index in [2.05, 4.69) is 5.32 Å². The van der Waals surface area contributed by atoms with Crippen molar-refractivity contribution < 1.29 is 49.8 Å². The number of carboxylic acid groups (broad SMARTS) is 1. The third kappa shape index (κ3) is 11.4. The van der Waals surface area contributed by atoms with Crippen molar-refractivity contribution in [2.75, 3.05) is 25.3 Å². The van der Waals surface area contributed by atoms with E-state index >= 15 is 0 Å². The summed E-state index contributed by atoms with van der Waals surface area (Å²) in [7, 11) is 5.08. The summed E-state index contributed by atoms with van der Waals surface area (Å²) in [4.78, 5) is 22.6. The number of methoxy groups -OCH3 is 2. The maximum Gasteiger partial charge on any atom is 0.339 e. The Bertz CT molecular complexity index is 2010. The normalized spacial score (nSPS) is 10.8. The van der Waals surface area contributed by atoms with Gasteiger partial charge in [0.15, 0.2) is 0 Å². The monoisotopic (exact) mass is 732 g/mol. The number of anilines is 2. The zero-order chi connectivity index (χ0) is 35.7. The molecule has 4 N–H and O–H groups in total. The fourth-order valence-corrected chi connectivity index (χ4v) is 5.17. The number of nitrogens with two attached hydrogens (primary N) is 1. The van der Waals surface area contributed by atoms with Crippen molar-refractivity contribution in [1.82, 2.24) is 0 Å². The predicted molar refractivity (Wildman–Crippen MR) is 174 cm³/mol. The number of ether oxygens (including phenoxy) is 2. The van der Waals surface area contributed by atoms with Gasteiger partial charge in [0.1, 0.15) is 28.7 Å². The number of halogens is 4. The molecule has 4 aromatic carbocycles. The van der Waals surface area contributed by atoms with E-state index in [9.17, 15) is 35.2 Å². The van der Waals surface area contributed by atoms with Crippen LogP contribution >= 0.6 is 21.4 Å². The number of benzene rings is 4. The van der Waals surface area contributed by atoms with E-state index in [4.69, 9.17) is 41.7 Å². The van der Waals surface area contributed by atoms with Crippen LogP contribution in [0.5, 0.6) is 11.5 Å². The SMILES string of the molecule is COc1ccc(S(=O)(=O)Cl)cc1C(=O)Nc1ccc(F)c(C)c1.COc1ccc(S(=O)(=O)Cl)cc1C(=O)O.Cc1cc(N)ccc1F. The summed E-state index contributed by atoms with van der Waals surface area (Å²) in [5.74, 6) is -2.22. The first-order chi connectivity index (χ1) is 21.8. The molecule has 4 rings (SSSR count). The van der Waals surface area contributed by atoms with Gasteiger partial charge in [-0.3, -0.25) is 4.79 Å². The van der Waals surface area contributed by atoms with Gasteiger partial charge in [0.05, 0.1) is 29.6 Å². The summed E-state index contributed by atoms with van der Waals surface area (Å²) in [6, 6.07) is 15.6. The Morgan fingerprint density at radius 3 is 1.57 bits per heavy atom. The number of aromatic carboxylic acids is 1. The average molecular weight is 734 g/mol. The van der Waals surface area contributed by atoms with Gasteiger partial charge in [-0.05, 0) is 97.8 Å². The Labute approximate surface area is 278 Å². The lowest BCUT2D eigenvalue weighted by atomic mass is 10.1. The lowest BCUT2D eigenvalue weighted by Crippen LogP contribution is -2.14. The van der Waals surface area contributed by atoms with Crippen LogP contribution in [0.15, 0.2) is 82.6 Å². The molecule has 0 unspecified atom stereocenters. The molecule has 0 saturated heterocycles. The molecule has 1 amide bonds. The third-order valence-electron chi connectivity index (χ3n) is 5.98. The molecule has 0 bridgehead atoms. The molecule has 0 saturated carbocycles. The van der Waals surface area contributed by atoms with E-state index in [-0.39, 0.29) is 38.2 Å². The minimum atomic E-state index is -3.98. The maximum absolute atomic E-state index is 13.2. The quantitative estimate of drug-likeness (QED) is 0.143. The lowest BCUT2D eigenvalue weighted by molar-refractivity contribution is 0.0692. The van der Waals surface area contributed by atoms with Gasteiger partial charge in [-0.25, -0.2) is 30.4 Å². The molecule has 0 aromatic heterocycles. The van der Waals surface area contributed by atoms with Gasteiger partial charge in [0, 0.05) is 32.7 Å². The Balaban J connectivity index is 0.000000273. The number of nitrogen functional groups attached to an aromatic ring is 1. The molecular formula is C30H28Cl2F2N2O9S2. The van der Waals surface area contributed by atoms with Crippen LogP contribution in [0.25, 0.3) is 0 Å². The average Bonchev–Trinajstić information content (AvgIpc) is 3.00. The summed E-state index contributed by atoms with van der Waals surface area (Å²) in [5, 5.41) is 11.3. The van der Waals surface area contributed by atoms with Crippen LogP contribution in [0.4, 0.5) is 20.2 Å². The fourth-order valence-electron chi connectivity index (χ4n) is 3.61. The highest BCUT2D eigenvalue weighted by atomic mass is 35.7. The van der Waals surface area contributed by atoms with Crippen LogP contribution in [0.3, 0.4) is 0 Å². The summed E-state index contributed by atoms with van der Waals surface area (Å²) in [5.41, 5.74) is 7.04. The predicted octanol–water partition coefficient (Wildman–Crippen LogP) is 6.36. The molecular weight excluding hydrogens is 705 g/mol. The van der Waals surface area contributed by atoms with Crippen molar-refractivity contribution in [3.05, 3.63) is 107 Å². The van der Waals surface area contributed by atoms with Crippen LogP contribution in [0.1, 0.15) is 31.8 Å². The number of hydrogen-bond acceptors (Lipinski definition) is 9. The van der Waals surface area contributed by atoms with E-state index in [1.54, 1.807) is 26.0 Å². The molecule has 0 atom stereocenters. The van der Waals surface area contributed by atoms with Crippen LogP contribution < -0.4 is 20.5 Å². The molecule has 11 nitrogen and oxygen atoms in total. The Kier molecular flexibility index (Phi) is 13.5. The van der Waals surface area contributed by atoms with E-state index in [0.29, 0.717) is 22.5 Å². The van der Waals surface area contributed by atoms with Crippen LogP contribution in [0.2, 0.25) is 0 Å². The van der Waals surface area contributed by atoms with E-state index in [0.717, 1.165) is 12.1 Å². The van der Waals surface area contributed by atoms with Crippen molar-refractivity contribution in [1.29, 1.82) is 0 Å². The zero-order valence-electron chi connectivity index (χ0n) is 25.0. The second-order valence-corrected chi connectivity index (χ2v) is 14.5. The Morgan fingerprint density at radius 2 is 1.17 bits per heavy atom. The molecule has 0 fully saturated rings. The van der Waals surface area contributed by atoms with Crippen LogP contribution in [-0.2, 0) is 18.1 Å². The Morgan fingerprint density at radius 1 is 0.723 bits per heavy atom. The van der Waals surface area contributed by atoms with Gasteiger partial charge in [0.2, 0.25) is 0 Å². The highest BCUT2D eigenvalue weighted by molar-refractivity contribution is 8.14. The van der Waals surface area contributed by atoms with E-state index < -0.39 is 35.8 Å². The topological polar surface area (TPSA) is 179 Å². The molecule has 0 radical (unpaired) electrons. The molecule has 0 aliphatic rings. The van der Waals surface area contributed by atoms with Gasteiger partial charge in [-0.2, -0.15) is 0 Å². The molecule has 17 heteroatoms. The first-order valence-electron chi connectivity index (χ1n) is 12.9. The lowest BCUT2D eigenvalue weighted by Gasteiger charge is -2.11. The minimum absolute atomic E-state index is 0.00352. The minimum Gasteiger partial charge on any atom is -0.496 e. The maximum atomic E-state index is 13.2. The first-order valence-corrected chi connectivity index (χ1v) is 17.5. The highest BCUT2D eigenvalue weighted by Gasteiger charge is 2.19. The number of carbonyl (C=O) groups is 2. The summed E-state index contributed by atoms with van der Waals surface area (Å²) < 4.78 is 80.2. The van der Waals surface area contributed by atoms with Crippen molar-refractivity contribution >= 4 is 62.7 Å². The van der Waals surface area contributed by atoms with Crippen molar-refractivity contribution in [2.24, 2.45) is 0 Å². The summed E-state index contributed by atoms with van der Waals surface area (Å²) >= 11 is 0. The van der Waals surface area contributed by atoms with Gasteiger partial charge >= 0.3 is 5.97 Å². The summed E-state index contributed by atoms with van der Waals surface area (Å²) in [6.45, 7) is 3.25.